The minimum absolute atomic E-state index is 0.150. The molecule has 0 atom stereocenters. The van der Waals surface area contributed by atoms with E-state index in [1.165, 1.54) is 12.5 Å². The fraction of sp³-hybridized carbons (Fsp3) is 0.250. The van der Waals surface area contributed by atoms with E-state index in [-0.39, 0.29) is 5.91 Å². The first-order valence-corrected chi connectivity index (χ1v) is 4.47. The van der Waals surface area contributed by atoms with E-state index in [1.807, 2.05) is 0 Å². The molecular weight excluding hydrogens is 196 g/mol. The number of nitrogens with one attached hydrogen (secondary N) is 3. The van der Waals surface area contributed by atoms with E-state index in [0.717, 1.165) is 5.82 Å². The van der Waals surface area contributed by atoms with Gasteiger partial charge in [0, 0.05) is 19.2 Å². The number of carbonyl (C=O) groups is 1. The second kappa shape index (κ2) is 4.36. The summed E-state index contributed by atoms with van der Waals surface area (Å²) in [6.07, 6.45) is 5.09. The first-order chi connectivity index (χ1) is 7.36. The topological polar surface area (TPSA) is 99.3 Å². The van der Waals surface area contributed by atoms with Crippen LogP contribution in [-0.2, 0) is 6.42 Å². The van der Waals surface area contributed by atoms with Crippen LogP contribution in [0, 0.1) is 0 Å². The van der Waals surface area contributed by atoms with Crippen molar-refractivity contribution < 1.29 is 4.79 Å². The van der Waals surface area contributed by atoms with Gasteiger partial charge in [0.1, 0.15) is 12.2 Å². The molecule has 0 bridgehead atoms. The van der Waals surface area contributed by atoms with Gasteiger partial charge in [-0.3, -0.25) is 15.0 Å². The molecule has 2 aromatic rings. The largest absolute Gasteiger partial charge is 0.351 e. The Morgan fingerprint density at radius 2 is 2.40 bits per heavy atom. The average Bonchev–Trinajstić information content (AvgIpc) is 2.90. The van der Waals surface area contributed by atoms with Gasteiger partial charge in [0.2, 0.25) is 0 Å². The van der Waals surface area contributed by atoms with Crippen LogP contribution < -0.4 is 5.32 Å². The fourth-order valence-electron chi connectivity index (χ4n) is 1.12. The number of nitrogens with zero attached hydrogens (tertiary/aromatic N) is 3. The van der Waals surface area contributed by atoms with Gasteiger partial charge in [-0.2, -0.15) is 10.2 Å². The van der Waals surface area contributed by atoms with Gasteiger partial charge < -0.3 is 5.32 Å². The standard InChI is InChI=1S/C8H10N6O/c15-8(6-3-11-12-4-6)9-2-1-7-10-5-13-14-7/h3-5H,1-2H2,(H,9,15)(H,11,12)(H,10,13,14). The lowest BCUT2D eigenvalue weighted by Gasteiger charge is -2.00. The molecule has 15 heavy (non-hydrogen) atoms. The number of carbonyl (C=O) groups excluding carboxylic acids is 1. The van der Waals surface area contributed by atoms with Crippen LogP contribution in [0.15, 0.2) is 18.7 Å². The Bertz CT molecular complexity index is 406. The number of aromatic amines is 2. The van der Waals surface area contributed by atoms with Crippen molar-refractivity contribution in [3.8, 4) is 0 Å². The van der Waals surface area contributed by atoms with E-state index in [2.05, 4.69) is 30.7 Å². The molecule has 7 nitrogen and oxygen atoms in total. The van der Waals surface area contributed by atoms with Crippen molar-refractivity contribution in [2.75, 3.05) is 6.54 Å². The third-order valence-corrected chi connectivity index (χ3v) is 1.87. The molecule has 0 fully saturated rings. The molecule has 0 aliphatic carbocycles. The minimum Gasteiger partial charge on any atom is -0.351 e. The van der Waals surface area contributed by atoms with Crippen molar-refractivity contribution in [2.24, 2.45) is 0 Å². The highest BCUT2D eigenvalue weighted by molar-refractivity contribution is 5.93. The van der Waals surface area contributed by atoms with Crippen molar-refractivity contribution in [3.05, 3.63) is 30.1 Å². The van der Waals surface area contributed by atoms with Crippen LogP contribution in [0.4, 0.5) is 0 Å². The molecular formula is C8H10N6O. The van der Waals surface area contributed by atoms with Gasteiger partial charge in [0.15, 0.2) is 0 Å². The van der Waals surface area contributed by atoms with Crippen LogP contribution in [0.1, 0.15) is 16.2 Å². The lowest BCUT2D eigenvalue weighted by Crippen LogP contribution is -2.25. The molecule has 0 unspecified atom stereocenters. The van der Waals surface area contributed by atoms with Crippen LogP contribution in [0.25, 0.3) is 0 Å². The Morgan fingerprint density at radius 1 is 1.47 bits per heavy atom. The molecule has 78 valence electrons. The van der Waals surface area contributed by atoms with E-state index in [1.54, 1.807) is 6.20 Å². The number of hydrogen-bond donors (Lipinski definition) is 3. The zero-order valence-corrected chi connectivity index (χ0v) is 7.90. The summed E-state index contributed by atoms with van der Waals surface area (Å²) < 4.78 is 0. The highest BCUT2D eigenvalue weighted by atomic mass is 16.1. The van der Waals surface area contributed by atoms with Crippen molar-refractivity contribution in [1.29, 1.82) is 0 Å². The summed E-state index contributed by atoms with van der Waals surface area (Å²) >= 11 is 0. The lowest BCUT2D eigenvalue weighted by molar-refractivity contribution is 0.0954. The molecule has 0 aromatic carbocycles. The smallest absolute Gasteiger partial charge is 0.254 e. The molecule has 2 aromatic heterocycles. The molecule has 0 spiro atoms. The van der Waals surface area contributed by atoms with Gasteiger partial charge in [-0.1, -0.05) is 0 Å². The molecule has 0 saturated carbocycles. The molecule has 0 radical (unpaired) electrons. The number of amides is 1. The lowest BCUT2D eigenvalue weighted by atomic mass is 10.3. The summed E-state index contributed by atoms with van der Waals surface area (Å²) in [5.41, 5.74) is 0.521. The first-order valence-electron chi connectivity index (χ1n) is 4.47. The van der Waals surface area contributed by atoms with E-state index >= 15 is 0 Å². The van der Waals surface area contributed by atoms with Crippen LogP contribution >= 0.6 is 0 Å². The maximum absolute atomic E-state index is 11.4. The van der Waals surface area contributed by atoms with Crippen LogP contribution in [0.2, 0.25) is 0 Å². The highest BCUT2D eigenvalue weighted by Gasteiger charge is 2.05. The fourth-order valence-corrected chi connectivity index (χ4v) is 1.12. The number of hydrogen-bond acceptors (Lipinski definition) is 4. The Balaban J connectivity index is 1.77. The minimum atomic E-state index is -0.150. The number of H-pyrrole nitrogens is 2. The predicted octanol–water partition coefficient (Wildman–Crippen LogP) is -0.500. The van der Waals surface area contributed by atoms with Gasteiger partial charge in [0.05, 0.1) is 11.8 Å². The summed E-state index contributed by atoms with van der Waals surface area (Å²) in [6.45, 7) is 0.513. The molecule has 3 N–H and O–H groups in total. The summed E-state index contributed by atoms with van der Waals surface area (Å²) in [5.74, 6) is 0.603. The predicted molar refractivity (Wildman–Crippen MR) is 51.0 cm³/mol. The molecule has 2 heterocycles. The third kappa shape index (κ3) is 2.39. The van der Waals surface area contributed by atoms with Crippen LogP contribution in [-0.4, -0.2) is 37.8 Å². The molecule has 0 aliphatic heterocycles. The normalized spacial score (nSPS) is 10.1. The Labute approximate surface area is 85.3 Å². The van der Waals surface area contributed by atoms with Crippen molar-refractivity contribution in [3.63, 3.8) is 0 Å². The van der Waals surface area contributed by atoms with Crippen LogP contribution in [0.3, 0.4) is 0 Å². The molecule has 0 saturated heterocycles. The second-order valence-corrected chi connectivity index (χ2v) is 2.93. The molecule has 2 rings (SSSR count). The van der Waals surface area contributed by atoms with Gasteiger partial charge in [-0.25, -0.2) is 4.98 Å². The SMILES string of the molecule is O=C(NCCc1ncn[nH]1)c1cn[nH]c1. The summed E-state index contributed by atoms with van der Waals surface area (Å²) in [4.78, 5) is 15.4. The second-order valence-electron chi connectivity index (χ2n) is 2.93. The summed E-state index contributed by atoms with van der Waals surface area (Å²) in [6, 6.07) is 0. The third-order valence-electron chi connectivity index (χ3n) is 1.87. The number of rotatable bonds is 4. The van der Waals surface area contributed by atoms with Crippen molar-refractivity contribution >= 4 is 5.91 Å². The maximum atomic E-state index is 11.4. The van der Waals surface area contributed by atoms with E-state index in [9.17, 15) is 4.79 Å². The van der Waals surface area contributed by atoms with Crippen molar-refractivity contribution in [2.45, 2.75) is 6.42 Å². The van der Waals surface area contributed by atoms with E-state index in [0.29, 0.717) is 18.5 Å². The molecule has 0 aliphatic rings. The maximum Gasteiger partial charge on any atom is 0.254 e. The quantitative estimate of drug-likeness (QED) is 0.628. The number of aromatic nitrogens is 5. The van der Waals surface area contributed by atoms with Gasteiger partial charge >= 0.3 is 0 Å². The Morgan fingerprint density at radius 3 is 3.07 bits per heavy atom. The van der Waals surface area contributed by atoms with E-state index in [4.69, 9.17) is 0 Å². The highest BCUT2D eigenvalue weighted by Crippen LogP contribution is 1.93. The Hall–Kier alpha value is -2.18. The zero-order valence-electron chi connectivity index (χ0n) is 7.90. The van der Waals surface area contributed by atoms with Crippen LogP contribution in [0.5, 0.6) is 0 Å². The zero-order chi connectivity index (χ0) is 10.5. The summed E-state index contributed by atoms with van der Waals surface area (Å²) in [7, 11) is 0. The molecule has 1 amide bonds. The van der Waals surface area contributed by atoms with Gasteiger partial charge in [-0.05, 0) is 0 Å². The first kappa shape index (κ1) is 9.38. The summed E-state index contributed by atoms with van der Waals surface area (Å²) in [5, 5.41) is 15.4. The monoisotopic (exact) mass is 206 g/mol. The van der Waals surface area contributed by atoms with Gasteiger partial charge in [-0.15, -0.1) is 0 Å². The molecule has 7 heteroatoms. The Kier molecular flexibility index (Phi) is 2.72. The van der Waals surface area contributed by atoms with E-state index < -0.39 is 0 Å². The average molecular weight is 206 g/mol. The van der Waals surface area contributed by atoms with Gasteiger partial charge in [0.25, 0.3) is 5.91 Å². The van der Waals surface area contributed by atoms with Crippen molar-refractivity contribution in [1.82, 2.24) is 30.7 Å².